The van der Waals surface area contributed by atoms with E-state index >= 15 is 0 Å². The van der Waals surface area contributed by atoms with Gasteiger partial charge in [-0.05, 0) is 49.6 Å². The number of hydrogen-bond acceptors (Lipinski definition) is 4. The predicted octanol–water partition coefficient (Wildman–Crippen LogP) is 3.37. The molecule has 0 amide bonds. The zero-order valence-electron chi connectivity index (χ0n) is 14.3. The van der Waals surface area contributed by atoms with Crippen LogP contribution < -0.4 is 13.8 Å². The number of anilines is 1. The molecule has 25 heavy (non-hydrogen) atoms. The van der Waals surface area contributed by atoms with E-state index in [1.807, 2.05) is 6.92 Å². The van der Waals surface area contributed by atoms with Gasteiger partial charge in [0, 0.05) is 12.1 Å². The number of rotatable bonds is 4. The van der Waals surface area contributed by atoms with E-state index in [9.17, 15) is 12.8 Å². The van der Waals surface area contributed by atoms with Crippen molar-refractivity contribution in [2.75, 3.05) is 18.5 Å². The molecule has 1 unspecified atom stereocenters. The molecular formula is C18H20FNO4S. The molecule has 1 atom stereocenters. The maximum Gasteiger partial charge on any atom is 0.264 e. The predicted molar refractivity (Wildman–Crippen MR) is 93.4 cm³/mol. The summed E-state index contributed by atoms with van der Waals surface area (Å²) in [6.45, 7) is 1.83. The highest BCUT2D eigenvalue weighted by Crippen LogP contribution is 2.37. The van der Waals surface area contributed by atoms with Gasteiger partial charge in [0.25, 0.3) is 10.0 Å². The summed E-state index contributed by atoms with van der Waals surface area (Å²) in [5.74, 6) is 0.313. The molecule has 0 spiro atoms. The van der Waals surface area contributed by atoms with Crippen LogP contribution in [0.2, 0.25) is 0 Å². The van der Waals surface area contributed by atoms with Crippen LogP contribution in [0, 0.1) is 5.82 Å². The molecule has 1 heterocycles. The van der Waals surface area contributed by atoms with E-state index in [1.54, 1.807) is 12.1 Å². The van der Waals surface area contributed by atoms with Gasteiger partial charge in [0.2, 0.25) is 0 Å². The molecule has 3 rings (SSSR count). The molecule has 7 heteroatoms. The van der Waals surface area contributed by atoms with E-state index in [0.717, 1.165) is 5.56 Å². The number of fused-ring (bicyclic) bond motifs is 1. The molecule has 0 bridgehead atoms. The summed E-state index contributed by atoms with van der Waals surface area (Å²) in [5, 5.41) is 0. The first-order chi connectivity index (χ1) is 11.9. The Morgan fingerprint density at radius 2 is 1.80 bits per heavy atom. The van der Waals surface area contributed by atoms with Crippen LogP contribution in [0.3, 0.4) is 0 Å². The van der Waals surface area contributed by atoms with Gasteiger partial charge in [0.05, 0.1) is 24.8 Å². The second-order valence-electron chi connectivity index (χ2n) is 5.98. The molecule has 134 valence electrons. The maximum atomic E-state index is 13.7. The Kier molecular flexibility index (Phi) is 4.60. The molecule has 0 aliphatic carbocycles. The van der Waals surface area contributed by atoms with Crippen LogP contribution in [-0.2, 0) is 16.4 Å². The van der Waals surface area contributed by atoms with Crippen molar-refractivity contribution in [1.82, 2.24) is 0 Å². The van der Waals surface area contributed by atoms with Crippen molar-refractivity contribution < 1.29 is 22.3 Å². The minimum atomic E-state index is -3.87. The number of sulfonamides is 1. The summed E-state index contributed by atoms with van der Waals surface area (Å²) in [7, 11) is -0.937. The van der Waals surface area contributed by atoms with Crippen molar-refractivity contribution in [3.05, 3.63) is 47.8 Å². The number of ether oxygens (including phenoxy) is 2. The molecule has 0 fully saturated rings. The molecule has 0 saturated carbocycles. The molecule has 0 radical (unpaired) electrons. The molecule has 1 aliphatic heterocycles. The monoisotopic (exact) mass is 365 g/mol. The highest BCUT2D eigenvalue weighted by atomic mass is 32.2. The SMILES string of the molecule is COc1ccc(S(=O)(=O)N2c3cc(F)ccc3CCC2C)cc1OC. The summed E-state index contributed by atoms with van der Waals surface area (Å²) in [4.78, 5) is 0.0779. The fourth-order valence-corrected chi connectivity index (χ4v) is 4.86. The fourth-order valence-electron chi connectivity index (χ4n) is 3.13. The highest BCUT2D eigenvalue weighted by Gasteiger charge is 2.34. The summed E-state index contributed by atoms with van der Waals surface area (Å²) < 4.78 is 51.9. The van der Waals surface area contributed by atoms with E-state index in [1.165, 1.54) is 42.8 Å². The second-order valence-corrected chi connectivity index (χ2v) is 7.79. The summed E-state index contributed by atoms with van der Waals surface area (Å²) in [5.41, 5.74) is 1.22. The average Bonchev–Trinajstić information content (AvgIpc) is 2.60. The van der Waals surface area contributed by atoms with Gasteiger partial charge in [0.15, 0.2) is 11.5 Å². The number of methoxy groups -OCH3 is 2. The molecular weight excluding hydrogens is 345 g/mol. The van der Waals surface area contributed by atoms with Crippen molar-refractivity contribution >= 4 is 15.7 Å². The zero-order valence-corrected chi connectivity index (χ0v) is 15.1. The Hall–Kier alpha value is -2.28. The topological polar surface area (TPSA) is 55.8 Å². The zero-order chi connectivity index (χ0) is 18.2. The van der Waals surface area contributed by atoms with E-state index in [0.29, 0.717) is 30.0 Å². The number of nitrogens with zero attached hydrogens (tertiary/aromatic N) is 1. The van der Waals surface area contributed by atoms with Gasteiger partial charge < -0.3 is 9.47 Å². The van der Waals surface area contributed by atoms with Gasteiger partial charge in [0.1, 0.15) is 5.82 Å². The summed E-state index contributed by atoms with van der Waals surface area (Å²) in [6, 6.07) is 8.46. The van der Waals surface area contributed by atoms with Crippen LogP contribution in [0.15, 0.2) is 41.3 Å². The van der Waals surface area contributed by atoms with Crippen molar-refractivity contribution in [1.29, 1.82) is 0 Å². The van der Waals surface area contributed by atoms with E-state index in [4.69, 9.17) is 9.47 Å². The van der Waals surface area contributed by atoms with Gasteiger partial charge in [-0.15, -0.1) is 0 Å². The first kappa shape index (κ1) is 17.5. The Morgan fingerprint density at radius 1 is 1.08 bits per heavy atom. The normalized spacial score (nSPS) is 17.1. The third-order valence-electron chi connectivity index (χ3n) is 4.43. The maximum absolute atomic E-state index is 13.7. The first-order valence-electron chi connectivity index (χ1n) is 7.93. The quantitative estimate of drug-likeness (QED) is 0.834. The molecule has 0 aromatic heterocycles. The second kappa shape index (κ2) is 6.55. The third-order valence-corrected chi connectivity index (χ3v) is 6.35. The van der Waals surface area contributed by atoms with E-state index in [-0.39, 0.29) is 10.9 Å². The lowest BCUT2D eigenvalue weighted by Crippen LogP contribution is -2.42. The van der Waals surface area contributed by atoms with Gasteiger partial charge >= 0.3 is 0 Å². The van der Waals surface area contributed by atoms with E-state index < -0.39 is 15.8 Å². The standard InChI is InChI=1S/C18H20FNO4S/c1-12-4-5-13-6-7-14(19)10-16(13)20(12)25(21,22)15-8-9-17(23-2)18(11-15)24-3/h6-12H,4-5H2,1-3H3. The lowest BCUT2D eigenvalue weighted by atomic mass is 9.99. The highest BCUT2D eigenvalue weighted by molar-refractivity contribution is 7.92. The van der Waals surface area contributed by atoms with E-state index in [2.05, 4.69) is 0 Å². The number of hydrogen-bond donors (Lipinski definition) is 0. The molecule has 1 aliphatic rings. The Bertz CT molecular complexity index is 898. The molecule has 0 N–H and O–H groups in total. The lowest BCUT2D eigenvalue weighted by molar-refractivity contribution is 0.354. The molecule has 2 aromatic rings. The Morgan fingerprint density at radius 3 is 2.48 bits per heavy atom. The summed E-state index contributed by atoms with van der Waals surface area (Å²) >= 11 is 0. The van der Waals surface area contributed by atoms with Gasteiger partial charge in [-0.1, -0.05) is 6.07 Å². The van der Waals surface area contributed by atoms with Crippen molar-refractivity contribution in [3.63, 3.8) is 0 Å². The van der Waals surface area contributed by atoms with Crippen LogP contribution in [0.5, 0.6) is 11.5 Å². The molecule has 2 aromatic carbocycles. The fraction of sp³-hybridized carbons (Fsp3) is 0.333. The largest absolute Gasteiger partial charge is 0.493 e. The Balaban J connectivity index is 2.13. The number of aryl methyl sites for hydroxylation is 1. The first-order valence-corrected chi connectivity index (χ1v) is 9.37. The Labute approximate surface area is 147 Å². The third kappa shape index (κ3) is 3.04. The van der Waals surface area contributed by atoms with Crippen LogP contribution in [-0.4, -0.2) is 28.7 Å². The number of halogens is 1. The van der Waals surface area contributed by atoms with Gasteiger partial charge in [-0.25, -0.2) is 12.8 Å². The van der Waals surface area contributed by atoms with Crippen LogP contribution in [0.4, 0.5) is 10.1 Å². The van der Waals surface area contributed by atoms with Crippen molar-refractivity contribution in [2.45, 2.75) is 30.7 Å². The molecule has 0 saturated heterocycles. The van der Waals surface area contributed by atoms with Gasteiger partial charge in [-0.2, -0.15) is 0 Å². The lowest BCUT2D eigenvalue weighted by Gasteiger charge is -2.36. The smallest absolute Gasteiger partial charge is 0.264 e. The minimum Gasteiger partial charge on any atom is -0.493 e. The number of benzene rings is 2. The van der Waals surface area contributed by atoms with Crippen LogP contribution in [0.1, 0.15) is 18.9 Å². The minimum absolute atomic E-state index is 0.0779. The van der Waals surface area contributed by atoms with Crippen LogP contribution >= 0.6 is 0 Å². The summed E-state index contributed by atoms with van der Waals surface area (Å²) in [6.07, 6.45) is 1.39. The van der Waals surface area contributed by atoms with Gasteiger partial charge in [-0.3, -0.25) is 4.31 Å². The van der Waals surface area contributed by atoms with Crippen molar-refractivity contribution in [2.24, 2.45) is 0 Å². The molecule has 5 nitrogen and oxygen atoms in total. The van der Waals surface area contributed by atoms with Crippen molar-refractivity contribution in [3.8, 4) is 11.5 Å². The van der Waals surface area contributed by atoms with Crippen LogP contribution in [0.25, 0.3) is 0 Å². The average molecular weight is 365 g/mol.